The van der Waals surface area contributed by atoms with Crippen LogP contribution in [0, 0.1) is 0 Å². The van der Waals surface area contributed by atoms with Crippen molar-refractivity contribution in [1.82, 2.24) is 5.32 Å². The molecule has 0 aromatic rings. The zero-order chi connectivity index (χ0) is 43.5. The Morgan fingerprint density at radius 3 is 1.17 bits per heavy atom. The summed E-state index contributed by atoms with van der Waals surface area (Å²) in [4.78, 5) is 12.4. The Labute approximate surface area is 373 Å². The Morgan fingerprint density at radius 2 is 0.767 bits per heavy atom. The standard InChI is InChI=1S/C56H99NO3/c1-3-5-7-9-11-13-14-15-16-17-18-19-20-21-22-23-24-25-26-27-28-29-30-31-32-33-34-35-36-37-38-39-40-41-42-44-46-48-50-52-56(60)57-54(53-58)55(59)51-49-47-45-43-12-10-8-6-4-2/h4-7,11-13,15-16,18-19,43,49,51,54-55,58-59H,3,8-10,14,17,20-42,44-48,50,52-53H2,1-2H3,(H,57,60)/b6-4+,7-5-,13-11-,16-15-,19-18-,43-12+,51-49+. The number of unbranched alkanes of at least 4 members (excludes halogenated alkanes) is 28. The van der Waals surface area contributed by atoms with Crippen molar-refractivity contribution in [3.05, 3.63) is 85.1 Å². The maximum absolute atomic E-state index is 12.4. The lowest BCUT2D eigenvalue weighted by atomic mass is 10.0. The summed E-state index contributed by atoms with van der Waals surface area (Å²) in [5.74, 6) is -0.0801. The van der Waals surface area contributed by atoms with E-state index >= 15 is 0 Å². The Balaban J connectivity index is 3.38. The van der Waals surface area contributed by atoms with Crippen molar-refractivity contribution < 1.29 is 15.0 Å². The maximum atomic E-state index is 12.4. The van der Waals surface area contributed by atoms with Gasteiger partial charge in [0.2, 0.25) is 5.91 Å². The molecule has 346 valence electrons. The first kappa shape index (κ1) is 57.6. The van der Waals surface area contributed by atoms with E-state index in [9.17, 15) is 15.0 Å². The summed E-state index contributed by atoms with van der Waals surface area (Å²) in [5.41, 5.74) is 0. The zero-order valence-electron chi connectivity index (χ0n) is 39.7. The molecule has 0 rings (SSSR count). The molecule has 0 bridgehead atoms. The average Bonchev–Trinajstić information content (AvgIpc) is 3.25. The Bertz CT molecular complexity index is 1080. The van der Waals surface area contributed by atoms with Gasteiger partial charge >= 0.3 is 0 Å². The van der Waals surface area contributed by atoms with Crippen LogP contribution in [-0.2, 0) is 4.79 Å². The molecule has 4 heteroatoms. The Morgan fingerprint density at radius 1 is 0.433 bits per heavy atom. The molecule has 3 N–H and O–H groups in total. The van der Waals surface area contributed by atoms with Gasteiger partial charge in [0.15, 0.2) is 0 Å². The van der Waals surface area contributed by atoms with E-state index < -0.39 is 12.1 Å². The molecular weight excluding hydrogens is 735 g/mol. The molecule has 0 aromatic carbocycles. The predicted octanol–water partition coefficient (Wildman–Crippen LogP) is 16.8. The second kappa shape index (κ2) is 50.9. The van der Waals surface area contributed by atoms with E-state index in [0.717, 1.165) is 64.2 Å². The molecule has 0 aliphatic heterocycles. The van der Waals surface area contributed by atoms with Crippen molar-refractivity contribution in [3.8, 4) is 0 Å². The fourth-order valence-electron chi connectivity index (χ4n) is 7.56. The molecule has 0 aliphatic carbocycles. The lowest BCUT2D eigenvalue weighted by Crippen LogP contribution is -2.45. The van der Waals surface area contributed by atoms with Crippen LogP contribution in [0.25, 0.3) is 0 Å². The van der Waals surface area contributed by atoms with Crippen molar-refractivity contribution in [1.29, 1.82) is 0 Å². The van der Waals surface area contributed by atoms with Crippen LogP contribution in [-0.4, -0.2) is 34.9 Å². The highest BCUT2D eigenvalue weighted by molar-refractivity contribution is 5.76. The second-order valence-electron chi connectivity index (χ2n) is 17.2. The van der Waals surface area contributed by atoms with Gasteiger partial charge in [-0.2, -0.15) is 0 Å². The Kier molecular flexibility index (Phi) is 48.9. The second-order valence-corrected chi connectivity index (χ2v) is 17.2. The molecule has 2 atom stereocenters. The number of aliphatic hydroxyl groups excluding tert-OH is 2. The summed E-state index contributed by atoms with van der Waals surface area (Å²) in [6.45, 7) is 3.95. The number of hydrogen-bond acceptors (Lipinski definition) is 3. The van der Waals surface area contributed by atoms with Gasteiger partial charge in [0.1, 0.15) is 0 Å². The molecule has 0 aromatic heterocycles. The van der Waals surface area contributed by atoms with Crippen LogP contribution in [0.4, 0.5) is 0 Å². The highest BCUT2D eigenvalue weighted by Crippen LogP contribution is 2.17. The third-order valence-corrected chi connectivity index (χ3v) is 11.4. The number of nitrogens with one attached hydrogen (secondary N) is 1. The van der Waals surface area contributed by atoms with Gasteiger partial charge in [-0.15, -0.1) is 0 Å². The molecule has 0 radical (unpaired) electrons. The fraction of sp³-hybridized carbons (Fsp3) is 0.732. The average molecular weight is 834 g/mol. The van der Waals surface area contributed by atoms with Crippen LogP contribution in [0.1, 0.15) is 245 Å². The van der Waals surface area contributed by atoms with E-state index in [-0.39, 0.29) is 12.5 Å². The summed E-state index contributed by atoms with van der Waals surface area (Å²) in [5, 5.41) is 22.9. The number of aliphatic hydroxyl groups is 2. The lowest BCUT2D eigenvalue weighted by molar-refractivity contribution is -0.123. The van der Waals surface area contributed by atoms with Crippen LogP contribution < -0.4 is 5.32 Å². The van der Waals surface area contributed by atoms with Gasteiger partial charge in [0, 0.05) is 6.42 Å². The van der Waals surface area contributed by atoms with Crippen molar-refractivity contribution in [2.75, 3.05) is 6.61 Å². The normalized spacial score (nSPS) is 13.6. The molecule has 1 amide bonds. The molecule has 2 unspecified atom stereocenters. The largest absolute Gasteiger partial charge is 0.394 e. The number of rotatable bonds is 46. The fourth-order valence-corrected chi connectivity index (χ4v) is 7.56. The van der Waals surface area contributed by atoms with Crippen molar-refractivity contribution >= 4 is 5.91 Å². The van der Waals surface area contributed by atoms with Gasteiger partial charge in [-0.1, -0.05) is 246 Å². The van der Waals surface area contributed by atoms with Crippen molar-refractivity contribution in [2.24, 2.45) is 0 Å². The van der Waals surface area contributed by atoms with Gasteiger partial charge in [-0.05, 0) is 77.6 Å². The zero-order valence-corrected chi connectivity index (χ0v) is 39.7. The van der Waals surface area contributed by atoms with Gasteiger partial charge in [0.25, 0.3) is 0 Å². The minimum absolute atomic E-state index is 0.0801. The summed E-state index contributed by atoms with van der Waals surface area (Å²) in [6.07, 6.45) is 74.9. The first-order chi connectivity index (χ1) is 29.7. The van der Waals surface area contributed by atoms with Crippen LogP contribution in [0.15, 0.2) is 85.1 Å². The predicted molar refractivity (Wildman–Crippen MR) is 267 cm³/mol. The highest BCUT2D eigenvalue weighted by atomic mass is 16.3. The summed E-state index contributed by atoms with van der Waals surface area (Å²) < 4.78 is 0. The molecule has 0 fully saturated rings. The van der Waals surface area contributed by atoms with E-state index in [1.807, 2.05) is 13.0 Å². The topological polar surface area (TPSA) is 69.6 Å². The van der Waals surface area contributed by atoms with Gasteiger partial charge in [-0.25, -0.2) is 0 Å². The van der Waals surface area contributed by atoms with E-state index in [4.69, 9.17) is 0 Å². The molecule has 0 spiro atoms. The number of amides is 1. The summed E-state index contributed by atoms with van der Waals surface area (Å²) in [6, 6.07) is -0.644. The first-order valence-electron chi connectivity index (χ1n) is 25.8. The van der Waals surface area contributed by atoms with E-state index in [1.54, 1.807) is 6.08 Å². The molecule has 0 saturated carbocycles. The monoisotopic (exact) mass is 834 g/mol. The highest BCUT2D eigenvalue weighted by Gasteiger charge is 2.17. The number of carbonyl (C=O) groups is 1. The van der Waals surface area contributed by atoms with Gasteiger partial charge in [0.05, 0.1) is 18.8 Å². The third kappa shape index (κ3) is 46.6. The van der Waals surface area contributed by atoms with Gasteiger partial charge in [-0.3, -0.25) is 4.79 Å². The van der Waals surface area contributed by atoms with E-state index in [2.05, 4.69) is 85.2 Å². The number of carbonyl (C=O) groups excluding carboxylic acids is 1. The van der Waals surface area contributed by atoms with Crippen molar-refractivity contribution in [3.63, 3.8) is 0 Å². The maximum Gasteiger partial charge on any atom is 0.220 e. The van der Waals surface area contributed by atoms with Crippen LogP contribution >= 0.6 is 0 Å². The van der Waals surface area contributed by atoms with Crippen LogP contribution in [0.2, 0.25) is 0 Å². The molecule has 4 nitrogen and oxygen atoms in total. The quantitative estimate of drug-likeness (QED) is 0.0423. The van der Waals surface area contributed by atoms with E-state index in [1.165, 1.54) is 161 Å². The third-order valence-electron chi connectivity index (χ3n) is 11.4. The molecule has 60 heavy (non-hydrogen) atoms. The van der Waals surface area contributed by atoms with E-state index in [0.29, 0.717) is 6.42 Å². The Hall–Kier alpha value is -2.43. The van der Waals surface area contributed by atoms with Gasteiger partial charge < -0.3 is 15.5 Å². The number of allylic oxidation sites excluding steroid dienone is 13. The molecule has 0 heterocycles. The van der Waals surface area contributed by atoms with Crippen LogP contribution in [0.5, 0.6) is 0 Å². The minimum atomic E-state index is -0.868. The number of hydrogen-bond donors (Lipinski definition) is 3. The molecule has 0 saturated heterocycles. The van der Waals surface area contributed by atoms with Crippen molar-refractivity contribution in [2.45, 2.75) is 257 Å². The summed E-state index contributed by atoms with van der Waals surface area (Å²) in [7, 11) is 0. The lowest BCUT2D eigenvalue weighted by Gasteiger charge is -2.19. The first-order valence-corrected chi connectivity index (χ1v) is 25.8. The smallest absolute Gasteiger partial charge is 0.220 e. The SMILES string of the molecule is C/C=C/CC/C=C/CC/C=C/C(O)C(CO)NC(=O)CCCCCCCCCCCCCCCCCCCCCCCCCCCC/C=C\C/C=C\C/C=C\C/C=C\CC. The summed E-state index contributed by atoms with van der Waals surface area (Å²) >= 11 is 0. The van der Waals surface area contributed by atoms with Crippen LogP contribution in [0.3, 0.4) is 0 Å². The minimum Gasteiger partial charge on any atom is -0.394 e. The molecular formula is C56H99NO3. The molecule has 0 aliphatic rings.